The molecule has 5 rings (SSSR count). The molecule has 3 fully saturated rings. The number of esters is 3. The van der Waals surface area contributed by atoms with Gasteiger partial charge in [-0.3, -0.25) is 14.5 Å². The molecule has 7 nitrogen and oxygen atoms in total. The maximum absolute atomic E-state index is 13.0. The first-order valence-corrected chi connectivity index (χ1v) is 16.1. The van der Waals surface area contributed by atoms with Gasteiger partial charge in [-0.05, 0) is 99.3 Å². The smallest absolute Gasteiger partial charge is 0.335 e. The number of nitrogens with zero attached hydrogens (tertiary/aromatic N) is 1. The first-order valence-electron chi connectivity index (χ1n) is 16.1. The Morgan fingerprint density at radius 1 is 1.07 bits per heavy atom. The van der Waals surface area contributed by atoms with Gasteiger partial charge in [0.05, 0.1) is 5.57 Å². The van der Waals surface area contributed by atoms with Gasteiger partial charge in [-0.1, -0.05) is 56.3 Å². The first kappa shape index (κ1) is 31.5. The molecule has 0 unspecified atom stereocenters. The molecule has 0 aromatic heterocycles. The summed E-state index contributed by atoms with van der Waals surface area (Å²) < 4.78 is 17.0. The number of fused-ring (bicyclic) bond motifs is 1. The quantitative estimate of drug-likeness (QED) is 0.196. The molecule has 2 saturated carbocycles. The lowest BCUT2D eigenvalue weighted by atomic mass is 9.45. The number of hydrogen-bond donors (Lipinski definition) is 0. The molecule has 0 spiro atoms. The Hall–Kier alpha value is -2.93. The molecule has 2 aliphatic carbocycles. The second-order valence-corrected chi connectivity index (χ2v) is 13.9. The third-order valence-corrected chi connectivity index (χ3v) is 11.2. The van der Waals surface area contributed by atoms with Crippen LogP contribution in [0, 0.1) is 28.6 Å². The van der Waals surface area contributed by atoms with Crippen LogP contribution in [0.15, 0.2) is 54.1 Å². The molecule has 1 aromatic carbocycles. The van der Waals surface area contributed by atoms with E-state index in [9.17, 15) is 14.4 Å². The minimum Gasteiger partial charge on any atom is -0.465 e. The number of carbonyl (C=O) groups is 3. The molecule has 1 saturated heterocycles. The predicted octanol–water partition coefficient (Wildman–Crippen LogP) is 6.07. The van der Waals surface area contributed by atoms with E-state index in [1.165, 1.54) is 25.0 Å². The highest BCUT2D eigenvalue weighted by Crippen LogP contribution is 2.63. The fraction of sp³-hybridized carbons (Fsp3) is 0.639. The number of ether oxygens (including phenoxy) is 3. The lowest BCUT2D eigenvalue weighted by molar-refractivity contribution is -0.192. The summed E-state index contributed by atoms with van der Waals surface area (Å²) in [6, 6.07) is 10.7. The van der Waals surface area contributed by atoms with Crippen LogP contribution in [0.25, 0.3) is 0 Å². The Morgan fingerprint density at radius 2 is 1.79 bits per heavy atom. The standard InChI is InChI=1S/C36H49NO6/c1-24-11-12-32-35(4,17-13-33(43-26(3)39)36(32,5)23-42-25(2)38)30(24)22-31(29-16-20-41-34(29)40)37-18-14-28(15-19-37)21-27-9-7-6-8-10-27/h6-10,16,28,30-33H,1,11-15,17-23H2,2-5H3/t30-,31+,32+,33-,35+,36+/m1/s1. The molecule has 6 atom stereocenters. The number of allylic oxidation sites excluding steroid dienone is 1. The number of hydrogen-bond acceptors (Lipinski definition) is 7. The largest absolute Gasteiger partial charge is 0.465 e. The Labute approximate surface area is 257 Å². The van der Waals surface area contributed by atoms with Crippen molar-refractivity contribution < 1.29 is 28.6 Å². The Bertz CT molecular complexity index is 1230. The SMILES string of the molecule is C=C1CC[C@@H]2[C@](C)(COC(C)=O)[C@H](OC(C)=O)CC[C@@]2(C)[C@@H]1C[C@@H](C1=CCOC1=O)N1CCC(Cc2ccccc2)CC1. The fourth-order valence-electron chi connectivity index (χ4n) is 9.01. The lowest BCUT2D eigenvalue weighted by Gasteiger charge is -2.61. The van der Waals surface area contributed by atoms with Crippen molar-refractivity contribution in [3.63, 3.8) is 0 Å². The van der Waals surface area contributed by atoms with E-state index in [2.05, 4.69) is 55.7 Å². The van der Waals surface area contributed by atoms with Gasteiger partial charge in [-0.15, -0.1) is 0 Å². The predicted molar refractivity (Wildman–Crippen MR) is 165 cm³/mol. The zero-order valence-corrected chi connectivity index (χ0v) is 26.4. The number of carbonyl (C=O) groups excluding carboxylic acids is 3. The molecular weight excluding hydrogens is 542 g/mol. The molecule has 234 valence electrons. The van der Waals surface area contributed by atoms with Gasteiger partial charge < -0.3 is 14.2 Å². The number of piperidine rings is 1. The van der Waals surface area contributed by atoms with Crippen molar-refractivity contribution in [1.82, 2.24) is 4.90 Å². The molecular formula is C36H49NO6. The van der Waals surface area contributed by atoms with Crippen LogP contribution < -0.4 is 0 Å². The molecule has 1 aromatic rings. The third kappa shape index (κ3) is 6.62. The second kappa shape index (κ2) is 13.0. The van der Waals surface area contributed by atoms with Crippen LogP contribution in [0.2, 0.25) is 0 Å². The van der Waals surface area contributed by atoms with E-state index >= 15 is 0 Å². The first-order chi connectivity index (χ1) is 20.5. The van der Waals surface area contributed by atoms with Gasteiger partial charge in [0.15, 0.2) is 0 Å². The molecule has 2 aliphatic heterocycles. The molecule has 0 bridgehead atoms. The van der Waals surface area contributed by atoms with Crippen molar-refractivity contribution in [2.45, 2.75) is 91.2 Å². The molecule has 0 amide bonds. The van der Waals surface area contributed by atoms with Crippen LogP contribution in [-0.4, -0.2) is 61.3 Å². The van der Waals surface area contributed by atoms with Crippen molar-refractivity contribution in [2.24, 2.45) is 28.6 Å². The summed E-state index contributed by atoms with van der Waals surface area (Å²) in [4.78, 5) is 39.6. The molecule has 4 aliphatic rings. The van der Waals surface area contributed by atoms with Crippen LogP contribution in [0.5, 0.6) is 0 Å². The average molecular weight is 592 g/mol. The third-order valence-electron chi connectivity index (χ3n) is 11.2. The Balaban J connectivity index is 1.39. The van der Waals surface area contributed by atoms with Crippen LogP contribution >= 0.6 is 0 Å². The van der Waals surface area contributed by atoms with Crippen molar-refractivity contribution in [3.8, 4) is 0 Å². The van der Waals surface area contributed by atoms with Gasteiger partial charge in [-0.25, -0.2) is 4.79 Å². The van der Waals surface area contributed by atoms with E-state index in [-0.39, 0.29) is 53.9 Å². The summed E-state index contributed by atoms with van der Waals surface area (Å²) in [7, 11) is 0. The molecule has 0 N–H and O–H groups in total. The average Bonchev–Trinajstić information content (AvgIpc) is 3.40. The van der Waals surface area contributed by atoms with Crippen molar-refractivity contribution in [2.75, 3.05) is 26.3 Å². The van der Waals surface area contributed by atoms with E-state index in [4.69, 9.17) is 14.2 Å². The minimum atomic E-state index is -0.514. The zero-order chi connectivity index (χ0) is 30.8. The van der Waals surface area contributed by atoms with Crippen molar-refractivity contribution >= 4 is 17.9 Å². The van der Waals surface area contributed by atoms with Gasteiger partial charge in [-0.2, -0.15) is 0 Å². The molecule has 0 radical (unpaired) electrons. The van der Waals surface area contributed by atoms with Crippen LogP contribution in [0.4, 0.5) is 0 Å². The van der Waals surface area contributed by atoms with Crippen LogP contribution in [0.1, 0.15) is 78.2 Å². The van der Waals surface area contributed by atoms with E-state index in [1.807, 2.05) is 6.08 Å². The van der Waals surface area contributed by atoms with E-state index in [1.54, 1.807) is 0 Å². The highest BCUT2D eigenvalue weighted by molar-refractivity contribution is 5.91. The van der Waals surface area contributed by atoms with Gasteiger partial charge in [0.1, 0.15) is 19.3 Å². The number of cyclic esters (lactones) is 1. The molecule has 7 heteroatoms. The number of rotatable bonds is 9. The highest BCUT2D eigenvalue weighted by atomic mass is 16.6. The summed E-state index contributed by atoms with van der Waals surface area (Å²) in [5.41, 5.74) is 2.75. The van der Waals surface area contributed by atoms with E-state index in [0.29, 0.717) is 18.9 Å². The van der Waals surface area contributed by atoms with E-state index in [0.717, 1.165) is 63.6 Å². The monoisotopic (exact) mass is 591 g/mol. The summed E-state index contributed by atoms with van der Waals surface area (Å²) in [5, 5.41) is 0. The fourth-order valence-corrected chi connectivity index (χ4v) is 9.01. The second-order valence-electron chi connectivity index (χ2n) is 13.9. The van der Waals surface area contributed by atoms with Crippen LogP contribution in [0.3, 0.4) is 0 Å². The lowest BCUT2D eigenvalue weighted by Crippen LogP contribution is -2.59. The number of benzene rings is 1. The van der Waals surface area contributed by atoms with Gasteiger partial charge in [0.2, 0.25) is 0 Å². The summed E-state index contributed by atoms with van der Waals surface area (Å²) >= 11 is 0. The molecule has 43 heavy (non-hydrogen) atoms. The Kier molecular flexibility index (Phi) is 9.50. The summed E-state index contributed by atoms with van der Waals surface area (Å²) in [6.45, 7) is 14.4. The van der Waals surface area contributed by atoms with Crippen LogP contribution in [-0.2, 0) is 35.0 Å². The minimum absolute atomic E-state index is 0.0316. The zero-order valence-electron chi connectivity index (χ0n) is 26.4. The Morgan fingerprint density at radius 3 is 2.42 bits per heavy atom. The van der Waals surface area contributed by atoms with Crippen molar-refractivity contribution in [1.29, 1.82) is 0 Å². The maximum Gasteiger partial charge on any atom is 0.335 e. The summed E-state index contributed by atoms with van der Waals surface area (Å²) in [5.74, 6) is 0.139. The topological polar surface area (TPSA) is 82.1 Å². The highest BCUT2D eigenvalue weighted by Gasteiger charge is 2.60. The van der Waals surface area contributed by atoms with Gasteiger partial charge >= 0.3 is 17.9 Å². The normalized spacial score (nSPS) is 32.4. The summed E-state index contributed by atoms with van der Waals surface area (Å²) in [6.07, 6.45) is 9.11. The van der Waals surface area contributed by atoms with Crippen molar-refractivity contribution in [3.05, 3.63) is 59.7 Å². The molecule has 2 heterocycles. The number of likely N-dealkylation sites (tertiary alicyclic amines) is 1. The maximum atomic E-state index is 13.0. The van der Waals surface area contributed by atoms with Gasteiger partial charge in [0.25, 0.3) is 0 Å². The van der Waals surface area contributed by atoms with Gasteiger partial charge in [0, 0.05) is 25.3 Å². The van der Waals surface area contributed by atoms with E-state index < -0.39 is 5.41 Å².